The highest BCUT2D eigenvalue weighted by Crippen LogP contribution is 2.28. The zero-order valence-corrected chi connectivity index (χ0v) is 14.5. The van der Waals surface area contributed by atoms with E-state index in [1.54, 1.807) is 29.2 Å². The van der Waals surface area contributed by atoms with Crippen LogP contribution in [0.2, 0.25) is 0 Å². The average Bonchev–Trinajstić information content (AvgIpc) is 2.98. The van der Waals surface area contributed by atoms with Gasteiger partial charge in [0.25, 0.3) is 0 Å². The molecule has 1 heterocycles. The van der Waals surface area contributed by atoms with E-state index in [9.17, 15) is 9.59 Å². The number of hydrogen-bond donors (Lipinski definition) is 2. The molecule has 1 atom stereocenters. The van der Waals surface area contributed by atoms with E-state index in [4.69, 9.17) is 5.73 Å². The molecule has 5 nitrogen and oxygen atoms in total. The van der Waals surface area contributed by atoms with Gasteiger partial charge in [0.1, 0.15) is 5.92 Å². The first-order valence-corrected chi connectivity index (χ1v) is 8.54. The van der Waals surface area contributed by atoms with Crippen LogP contribution in [0.15, 0.2) is 48.5 Å². The first-order valence-electron chi connectivity index (χ1n) is 8.54. The van der Waals surface area contributed by atoms with Crippen molar-refractivity contribution in [1.29, 1.82) is 0 Å². The van der Waals surface area contributed by atoms with Gasteiger partial charge in [0.05, 0.1) is 11.4 Å². The minimum atomic E-state index is -0.676. The molecular formula is C20H23N3O2. The van der Waals surface area contributed by atoms with Crippen molar-refractivity contribution in [3.63, 3.8) is 0 Å². The number of nitrogen functional groups attached to an aromatic ring is 1. The molecule has 1 unspecified atom stereocenters. The van der Waals surface area contributed by atoms with Gasteiger partial charge in [-0.05, 0) is 42.2 Å². The number of hydrogen-bond acceptors (Lipinski definition) is 3. The number of carbonyl (C=O) groups excluding carboxylic acids is 2. The van der Waals surface area contributed by atoms with Gasteiger partial charge in [-0.3, -0.25) is 9.59 Å². The molecule has 2 aromatic carbocycles. The van der Waals surface area contributed by atoms with E-state index in [0.29, 0.717) is 30.3 Å². The lowest BCUT2D eigenvalue weighted by atomic mass is 10.0. The van der Waals surface area contributed by atoms with Crippen molar-refractivity contribution in [2.45, 2.75) is 26.2 Å². The van der Waals surface area contributed by atoms with Crippen LogP contribution in [0.3, 0.4) is 0 Å². The molecule has 2 amide bonds. The lowest BCUT2D eigenvalue weighted by molar-refractivity contribution is -0.129. The molecule has 1 saturated heterocycles. The Balaban J connectivity index is 1.71. The molecular weight excluding hydrogens is 314 g/mol. The Morgan fingerprint density at radius 3 is 2.48 bits per heavy atom. The number of rotatable bonds is 4. The molecule has 0 spiro atoms. The fraction of sp³-hybridized carbons (Fsp3) is 0.300. The van der Waals surface area contributed by atoms with Crippen molar-refractivity contribution in [3.8, 4) is 0 Å². The molecule has 130 valence electrons. The van der Waals surface area contributed by atoms with Crippen LogP contribution >= 0.6 is 0 Å². The predicted molar refractivity (Wildman–Crippen MR) is 100 cm³/mol. The summed E-state index contributed by atoms with van der Waals surface area (Å²) in [4.78, 5) is 26.8. The molecule has 2 aromatic rings. The third kappa shape index (κ3) is 3.50. The van der Waals surface area contributed by atoms with Crippen LogP contribution < -0.4 is 16.0 Å². The maximum Gasteiger partial charge on any atom is 0.239 e. The van der Waals surface area contributed by atoms with Gasteiger partial charge in [0, 0.05) is 12.2 Å². The normalized spacial score (nSPS) is 17.2. The second kappa shape index (κ2) is 6.97. The van der Waals surface area contributed by atoms with Gasteiger partial charge >= 0.3 is 0 Å². The lowest BCUT2D eigenvalue weighted by Crippen LogP contribution is -2.33. The van der Waals surface area contributed by atoms with Crippen molar-refractivity contribution in [2.75, 3.05) is 22.5 Å². The highest BCUT2D eigenvalue weighted by atomic mass is 16.2. The van der Waals surface area contributed by atoms with Gasteiger partial charge in [-0.25, -0.2) is 0 Å². The van der Waals surface area contributed by atoms with Crippen molar-refractivity contribution in [2.24, 2.45) is 5.92 Å². The smallest absolute Gasteiger partial charge is 0.239 e. The number of carbonyl (C=O) groups is 2. The van der Waals surface area contributed by atoms with Crippen LogP contribution in [0.5, 0.6) is 0 Å². The fourth-order valence-corrected chi connectivity index (χ4v) is 3.05. The number of nitrogens with zero attached hydrogens (tertiary/aromatic N) is 1. The van der Waals surface area contributed by atoms with Crippen LogP contribution in [-0.2, 0) is 9.59 Å². The van der Waals surface area contributed by atoms with Gasteiger partial charge in [-0.15, -0.1) is 0 Å². The number of anilines is 3. The Hall–Kier alpha value is -2.82. The SMILES string of the molecule is CC(C)c1ccc(N2CCC(C(=O)Nc3ccccc3N)C2=O)cc1. The van der Waals surface area contributed by atoms with Gasteiger partial charge in [-0.2, -0.15) is 0 Å². The molecule has 0 saturated carbocycles. The molecule has 1 aliphatic heterocycles. The van der Waals surface area contributed by atoms with E-state index in [-0.39, 0.29) is 11.8 Å². The monoisotopic (exact) mass is 337 g/mol. The molecule has 1 aliphatic rings. The summed E-state index contributed by atoms with van der Waals surface area (Å²) in [5.41, 5.74) is 8.94. The van der Waals surface area contributed by atoms with Crippen LogP contribution in [0, 0.1) is 5.92 Å². The van der Waals surface area contributed by atoms with Crippen molar-refractivity contribution < 1.29 is 9.59 Å². The molecule has 0 bridgehead atoms. The van der Waals surface area contributed by atoms with Crippen molar-refractivity contribution in [1.82, 2.24) is 0 Å². The number of benzene rings is 2. The maximum absolute atomic E-state index is 12.7. The summed E-state index contributed by atoms with van der Waals surface area (Å²) < 4.78 is 0. The molecule has 1 fully saturated rings. The largest absolute Gasteiger partial charge is 0.397 e. The van der Waals surface area contributed by atoms with E-state index in [2.05, 4.69) is 19.2 Å². The summed E-state index contributed by atoms with van der Waals surface area (Å²) in [5, 5.41) is 2.77. The highest BCUT2D eigenvalue weighted by molar-refractivity contribution is 6.13. The van der Waals surface area contributed by atoms with Gasteiger partial charge in [0.15, 0.2) is 0 Å². The summed E-state index contributed by atoms with van der Waals surface area (Å²) in [7, 11) is 0. The number of amides is 2. The molecule has 3 N–H and O–H groups in total. The summed E-state index contributed by atoms with van der Waals surface area (Å²) in [6.45, 7) is 4.81. The standard InChI is InChI=1S/C20H23N3O2/c1-13(2)14-7-9-15(10-8-14)23-12-11-16(20(23)25)19(24)22-18-6-4-3-5-17(18)21/h3-10,13,16H,11-12,21H2,1-2H3,(H,22,24). The zero-order valence-electron chi connectivity index (χ0n) is 14.5. The summed E-state index contributed by atoms with van der Waals surface area (Å²) >= 11 is 0. The molecule has 25 heavy (non-hydrogen) atoms. The molecule has 0 aromatic heterocycles. The van der Waals surface area contributed by atoms with Crippen LogP contribution in [-0.4, -0.2) is 18.4 Å². The number of nitrogens with one attached hydrogen (secondary N) is 1. The van der Waals surface area contributed by atoms with E-state index in [1.807, 2.05) is 24.3 Å². The lowest BCUT2D eigenvalue weighted by Gasteiger charge is -2.18. The topological polar surface area (TPSA) is 75.4 Å². The van der Waals surface area contributed by atoms with E-state index < -0.39 is 5.92 Å². The van der Waals surface area contributed by atoms with E-state index >= 15 is 0 Å². The molecule has 5 heteroatoms. The highest BCUT2D eigenvalue weighted by Gasteiger charge is 2.37. The second-order valence-corrected chi connectivity index (χ2v) is 6.65. The van der Waals surface area contributed by atoms with E-state index in [0.717, 1.165) is 5.69 Å². The van der Waals surface area contributed by atoms with Gasteiger partial charge in [-0.1, -0.05) is 38.1 Å². The minimum Gasteiger partial charge on any atom is -0.397 e. The quantitative estimate of drug-likeness (QED) is 0.663. The minimum absolute atomic E-state index is 0.163. The average molecular weight is 337 g/mol. The first kappa shape index (κ1) is 17.0. The van der Waals surface area contributed by atoms with Crippen molar-refractivity contribution in [3.05, 3.63) is 54.1 Å². The van der Waals surface area contributed by atoms with Gasteiger partial charge in [0.2, 0.25) is 11.8 Å². The third-order valence-corrected chi connectivity index (χ3v) is 4.61. The third-order valence-electron chi connectivity index (χ3n) is 4.61. The zero-order chi connectivity index (χ0) is 18.0. The molecule has 3 rings (SSSR count). The fourth-order valence-electron chi connectivity index (χ4n) is 3.05. The Kier molecular flexibility index (Phi) is 4.74. The number of para-hydroxylation sites is 2. The van der Waals surface area contributed by atoms with Crippen LogP contribution in [0.1, 0.15) is 31.7 Å². The summed E-state index contributed by atoms with van der Waals surface area (Å²) in [5.74, 6) is -0.698. The van der Waals surface area contributed by atoms with Crippen LogP contribution in [0.4, 0.5) is 17.1 Å². The Bertz CT molecular complexity index is 784. The Morgan fingerprint density at radius 2 is 1.84 bits per heavy atom. The van der Waals surface area contributed by atoms with E-state index in [1.165, 1.54) is 5.56 Å². The number of nitrogens with two attached hydrogens (primary N) is 1. The molecule has 0 aliphatic carbocycles. The second-order valence-electron chi connectivity index (χ2n) is 6.65. The Morgan fingerprint density at radius 1 is 1.16 bits per heavy atom. The van der Waals surface area contributed by atoms with Crippen molar-refractivity contribution >= 4 is 28.9 Å². The first-order chi connectivity index (χ1) is 12.0. The maximum atomic E-state index is 12.7. The predicted octanol–water partition coefficient (Wildman–Crippen LogP) is 3.38. The molecule has 0 radical (unpaired) electrons. The van der Waals surface area contributed by atoms with Gasteiger partial charge < -0.3 is 16.0 Å². The summed E-state index contributed by atoms with van der Waals surface area (Å²) in [6, 6.07) is 15.0. The van der Waals surface area contributed by atoms with Crippen LogP contribution in [0.25, 0.3) is 0 Å². The Labute approximate surface area is 147 Å². The summed E-state index contributed by atoms with van der Waals surface area (Å²) in [6.07, 6.45) is 0.503.